The number of fused-ring (bicyclic) bond motifs is 1. The van der Waals surface area contributed by atoms with Gasteiger partial charge in [-0.15, -0.1) is 0 Å². The third-order valence-corrected chi connectivity index (χ3v) is 3.63. The van der Waals surface area contributed by atoms with Gasteiger partial charge in [0.05, 0.1) is 6.20 Å². The molecule has 0 bridgehead atoms. The molecule has 5 heteroatoms. The van der Waals surface area contributed by atoms with E-state index in [9.17, 15) is 0 Å². The van der Waals surface area contributed by atoms with Gasteiger partial charge in [-0.3, -0.25) is 0 Å². The van der Waals surface area contributed by atoms with E-state index in [1.807, 2.05) is 19.3 Å². The number of ether oxygens (including phenoxy) is 1. The molecular weight excluding hydrogens is 228 g/mol. The molecule has 96 valence electrons. The summed E-state index contributed by atoms with van der Waals surface area (Å²) in [7, 11) is 2.00. The van der Waals surface area contributed by atoms with E-state index in [2.05, 4.69) is 15.4 Å². The van der Waals surface area contributed by atoms with Crippen LogP contribution in [0.4, 0.5) is 0 Å². The Balaban J connectivity index is 1.84. The molecule has 5 nitrogen and oxygen atoms in total. The Bertz CT molecular complexity index is 524. The summed E-state index contributed by atoms with van der Waals surface area (Å²) in [4.78, 5) is 4.33. The first kappa shape index (κ1) is 11.5. The van der Waals surface area contributed by atoms with Gasteiger partial charge in [-0.25, -0.2) is 9.50 Å². The molecule has 0 radical (unpaired) electrons. The first-order chi connectivity index (χ1) is 8.88. The summed E-state index contributed by atoms with van der Waals surface area (Å²) in [6, 6.07) is 2.35. The van der Waals surface area contributed by atoms with Gasteiger partial charge in [-0.05, 0) is 32.4 Å². The van der Waals surface area contributed by atoms with E-state index in [-0.39, 0.29) is 6.10 Å². The smallest absolute Gasteiger partial charge is 0.240 e. The molecule has 2 atom stereocenters. The predicted molar refractivity (Wildman–Crippen MR) is 68.7 cm³/mol. The van der Waals surface area contributed by atoms with E-state index in [0.717, 1.165) is 11.9 Å². The minimum atomic E-state index is 0.206. The normalized spacial score (nSPS) is 24.3. The van der Waals surface area contributed by atoms with Crippen LogP contribution in [0.25, 0.3) is 5.52 Å². The molecule has 1 saturated carbocycles. The van der Waals surface area contributed by atoms with Crippen LogP contribution >= 0.6 is 0 Å². The SMILES string of the molecule is CNC1CCCCC1Oc1nccn2nccc12. The molecule has 2 unspecified atom stereocenters. The number of nitrogens with zero attached hydrogens (tertiary/aromatic N) is 3. The average Bonchev–Trinajstić information content (AvgIpc) is 2.89. The van der Waals surface area contributed by atoms with Gasteiger partial charge in [0.15, 0.2) is 0 Å². The molecule has 1 N–H and O–H groups in total. The fraction of sp³-hybridized carbons (Fsp3) is 0.538. The highest BCUT2D eigenvalue weighted by molar-refractivity contribution is 5.54. The summed E-state index contributed by atoms with van der Waals surface area (Å²) in [6.07, 6.45) is 10.3. The fourth-order valence-corrected chi connectivity index (χ4v) is 2.64. The van der Waals surface area contributed by atoms with Crippen LogP contribution in [-0.4, -0.2) is 33.8 Å². The quantitative estimate of drug-likeness (QED) is 0.894. The second-order valence-electron chi connectivity index (χ2n) is 4.73. The first-order valence-electron chi connectivity index (χ1n) is 6.51. The first-order valence-corrected chi connectivity index (χ1v) is 6.51. The van der Waals surface area contributed by atoms with Crippen molar-refractivity contribution in [1.82, 2.24) is 19.9 Å². The van der Waals surface area contributed by atoms with Gasteiger partial charge in [0.25, 0.3) is 0 Å². The lowest BCUT2D eigenvalue weighted by Crippen LogP contribution is -2.43. The molecule has 1 aliphatic rings. The molecule has 0 amide bonds. The van der Waals surface area contributed by atoms with Gasteiger partial charge in [-0.2, -0.15) is 5.10 Å². The second kappa shape index (κ2) is 4.94. The summed E-state index contributed by atoms with van der Waals surface area (Å²) in [6.45, 7) is 0. The largest absolute Gasteiger partial charge is 0.471 e. The summed E-state index contributed by atoms with van der Waals surface area (Å²) < 4.78 is 7.89. The lowest BCUT2D eigenvalue weighted by Gasteiger charge is -2.31. The number of aromatic nitrogens is 3. The maximum Gasteiger partial charge on any atom is 0.240 e. The van der Waals surface area contributed by atoms with Crippen LogP contribution in [0.2, 0.25) is 0 Å². The predicted octanol–water partition coefficient (Wildman–Crippen LogP) is 1.64. The molecule has 0 aliphatic heterocycles. The molecule has 18 heavy (non-hydrogen) atoms. The second-order valence-corrected chi connectivity index (χ2v) is 4.73. The highest BCUT2D eigenvalue weighted by Gasteiger charge is 2.26. The van der Waals surface area contributed by atoms with Crippen LogP contribution in [0.15, 0.2) is 24.7 Å². The number of hydrogen-bond acceptors (Lipinski definition) is 4. The Labute approximate surface area is 106 Å². The Morgan fingerprint density at radius 3 is 3.11 bits per heavy atom. The molecule has 1 aliphatic carbocycles. The van der Waals surface area contributed by atoms with Crippen LogP contribution in [0.3, 0.4) is 0 Å². The zero-order valence-corrected chi connectivity index (χ0v) is 10.5. The minimum absolute atomic E-state index is 0.206. The third-order valence-electron chi connectivity index (χ3n) is 3.63. The Morgan fingerprint density at radius 1 is 1.33 bits per heavy atom. The fourth-order valence-electron chi connectivity index (χ4n) is 2.64. The van der Waals surface area contributed by atoms with E-state index in [0.29, 0.717) is 11.9 Å². The standard InChI is InChI=1S/C13H18N4O/c1-14-10-4-2-3-5-12(10)18-13-11-6-7-16-17(11)9-8-15-13/h6-10,12,14H,2-5H2,1H3. The van der Waals surface area contributed by atoms with E-state index in [1.54, 1.807) is 16.9 Å². The molecule has 0 saturated heterocycles. The van der Waals surface area contributed by atoms with Crippen molar-refractivity contribution in [3.8, 4) is 5.88 Å². The van der Waals surface area contributed by atoms with Gasteiger partial charge in [0.2, 0.25) is 5.88 Å². The minimum Gasteiger partial charge on any atom is -0.471 e. The van der Waals surface area contributed by atoms with Gasteiger partial charge in [0.1, 0.15) is 11.6 Å². The summed E-state index contributed by atoms with van der Waals surface area (Å²) in [5.41, 5.74) is 0.929. The number of likely N-dealkylation sites (N-methyl/N-ethyl adjacent to an activating group) is 1. The highest BCUT2D eigenvalue weighted by atomic mass is 16.5. The van der Waals surface area contributed by atoms with E-state index < -0.39 is 0 Å². The van der Waals surface area contributed by atoms with Crippen molar-refractivity contribution in [1.29, 1.82) is 0 Å². The van der Waals surface area contributed by atoms with Crippen LogP contribution in [0, 0.1) is 0 Å². The lowest BCUT2D eigenvalue weighted by atomic mass is 9.92. The van der Waals surface area contributed by atoms with Crippen molar-refractivity contribution in [2.24, 2.45) is 0 Å². The third kappa shape index (κ3) is 2.06. The zero-order valence-electron chi connectivity index (χ0n) is 10.5. The Kier molecular flexibility index (Phi) is 3.15. The van der Waals surface area contributed by atoms with Gasteiger partial charge in [-0.1, -0.05) is 6.42 Å². The van der Waals surface area contributed by atoms with Gasteiger partial charge in [0, 0.05) is 18.4 Å². The van der Waals surface area contributed by atoms with Crippen molar-refractivity contribution >= 4 is 5.52 Å². The van der Waals surface area contributed by atoms with E-state index in [1.165, 1.54) is 19.3 Å². The van der Waals surface area contributed by atoms with E-state index >= 15 is 0 Å². The topological polar surface area (TPSA) is 51.5 Å². The van der Waals surface area contributed by atoms with Crippen molar-refractivity contribution in [2.45, 2.75) is 37.8 Å². The van der Waals surface area contributed by atoms with Crippen molar-refractivity contribution in [3.05, 3.63) is 24.7 Å². The number of hydrogen-bond donors (Lipinski definition) is 1. The van der Waals surface area contributed by atoms with E-state index in [4.69, 9.17) is 4.74 Å². The molecule has 2 aromatic heterocycles. The number of rotatable bonds is 3. The summed E-state index contributed by atoms with van der Waals surface area (Å²) in [5, 5.41) is 7.53. The van der Waals surface area contributed by atoms with Crippen molar-refractivity contribution in [2.75, 3.05) is 7.05 Å². The van der Waals surface area contributed by atoms with Crippen molar-refractivity contribution < 1.29 is 4.74 Å². The molecule has 2 heterocycles. The summed E-state index contributed by atoms with van der Waals surface area (Å²) in [5.74, 6) is 0.683. The molecule has 3 rings (SSSR count). The van der Waals surface area contributed by atoms with Crippen molar-refractivity contribution in [3.63, 3.8) is 0 Å². The maximum atomic E-state index is 6.10. The summed E-state index contributed by atoms with van der Waals surface area (Å²) >= 11 is 0. The van der Waals surface area contributed by atoms with Crippen LogP contribution < -0.4 is 10.1 Å². The monoisotopic (exact) mass is 246 g/mol. The Morgan fingerprint density at radius 2 is 2.22 bits per heavy atom. The van der Waals surface area contributed by atoms with Crippen LogP contribution in [0.1, 0.15) is 25.7 Å². The zero-order chi connectivity index (χ0) is 12.4. The molecule has 0 aromatic carbocycles. The maximum absolute atomic E-state index is 6.10. The molecular formula is C13H18N4O. The Hall–Kier alpha value is -1.62. The highest BCUT2D eigenvalue weighted by Crippen LogP contribution is 2.24. The van der Waals surface area contributed by atoms with Gasteiger partial charge >= 0.3 is 0 Å². The van der Waals surface area contributed by atoms with Crippen LogP contribution in [-0.2, 0) is 0 Å². The molecule has 0 spiro atoms. The average molecular weight is 246 g/mol. The molecule has 1 fully saturated rings. The van der Waals surface area contributed by atoms with Gasteiger partial charge < -0.3 is 10.1 Å². The lowest BCUT2D eigenvalue weighted by molar-refractivity contribution is 0.114. The number of nitrogens with one attached hydrogen (secondary N) is 1. The van der Waals surface area contributed by atoms with Crippen LogP contribution in [0.5, 0.6) is 5.88 Å². The molecule has 2 aromatic rings.